The van der Waals surface area contributed by atoms with E-state index < -0.39 is 0 Å². The lowest BCUT2D eigenvalue weighted by Gasteiger charge is -2.54. The van der Waals surface area contributed by atoms with E-state index in [4.69, 9.17) is 4.74 Å². The molecule has 1 aromatic carbocycles. The molecular formula is C20H29N3O2. The molecule has 1 saturated carbocycles. The van der Waals surface area contributed by atoms with Crippen molar-refractivity contribution in [2.75, 3.05) is 26.8 Å². The Morgan fingerprint density at radius 1 is 1.28 bits per heavy atom. The number of piperidine rings is 1. The average molecular weight is 343 g/mol. The first-order valence-electron chi connectivity index (χ1n) is 9.45. The maximum atomic E-state index is 12.5. The monoisotopic (exact) mass is 343 g/mol. The molecule has 0 bridgehead atoms. The summed E-state index contributed by atoms with van der Waals surface area (Å²) in [6.45, 7) is 7.51. The Morgan fingerprint density at radius 2 is 2.00 bits per heavy atom. The van der Waals surface area contributed by atoms with Gasteiger partial charge in [-0.2, -0.15) is 0 Å². The smallest absolute Gasteiger partial charge is 0.326 e. The quantitative estimate of drug-likeness (QED) is 0.928. The fourth-order valence-electron chi connectivity index (χ4n) is 5.05. The third kappa shape index (κ3) is 2.93. The van der Waals surface area contributed by atoms with E-state index in [2.05, 4.69) is 35.9 Å². The van der Waals surface area contributed by atoms with Crippen LogP contribution in [0.4, 0.5) is 0 Å². The highest BCUT2D eigenvalue weighted by molar-refractivity contribution is 5.76. The largest absolute Gasteiger partial charge is 0.384 e. The summed E-state index contributed by atoms with van der Waals surface area (Å²) in [5.74, 6) is 0.715. The lowest BCUT2D eigenvalue weighted by atomic mass is 9.68. The average Bonchev–Trinajstić information content (AvgIpc) is 2.89. The molecule has 136 valence electrons. The minimum Gasteiger partial charge on any atom is -0.384 e. The number of H-pyrrole nitrogens is 1. The van der Waals surface area contributed by atoms with Crippen LogP contribution in [0.5, 0.6) is 0 Å². The van der Waals surface area contributed by atoms with E-state index in [0.717, 1.165) is 43.6 Å². The van der Waals surface area contributed by atoms with E-state index in [-0.39, 0.29) is 5.69 Å². The van der Waals surface area contributed by atoms with Gasteiger partial charge in [-0.25, -0.2) is 4.79 Å². The van der Waals surface area contributed by atoms with Crippen LogP contribution in [0, 0.1) is 12.8 Å². The van der Waals surface area contributed by atoms with Gasteiger partial charge in [0.05, 0.1) is 11.0 Å². The number of benzene rings is 1. The van der Waals surface area contributed by atoms with Crippen molar-refractivity contribution >= 4 is 11.0 Å². The molecule has 0 unspecified atom stereocenters. The molecule has 0 radical (unpaired) electrons. The first kappa shape index (κ1) is 16.9. The molecule has 2 aromatic rings. The van der Waals surface area contributed by atoms with Gasteiger partial charge in [0.25, 0.3) is 0 Å². The van der Waals surface area contributed by atoms with Gasteiger partial charge in [-0.15, -0.1) is 0 Å². The molecular weight excluding hydrogens is 314 g/mol. The number of rotatable bonds is 4. The van der Waals surface area contributed by atoms with Gasteiger partial charge in [-0.1, -0.05) is 6.07 Å². The molecule has 1 aliphatic heterocycles. The van der Waals surface area contributed by atoms with Crippen molar-refractivity contribution in [3.05, 3.63) is 34.2 Å². The number of nitrogens with zero attached hydrogens (tertiary/aromatic N) is 2. The molecule has 0 spiro atoms. The van der Waals surface area contributed by atoms with Gasteiger partial charge in [0.1, 0.15) is 0 Å². The number of fused-ring (bicyclic) bond motifs is 1. The van der Waals surface area contributed by atoms with Gasteiger partial charge in [0.2, 0.25) is 0 Å². The summed E-state index contributed by atoms with van der Waals surface area (Å²) in [7, 11) is 1.79. The summed E-state index contributed by atoms with van der Waals surface area (Å²) >= 11 is 0. The van der Waals surface area contributed by atoms with Gasteiger partial charge in [0.15, 0.2) is 0 Å². The predicted molar refractivity (Wildman–Crippen MR) is 100 cm³/mol. The molecule has 4 rings (SSSR count). The highest BCUT2D eigenvalue weighted by atomic mass is 16.5. The Labute approximate surface area is 149 Å². The SMILES string of the molecule is COCC1CC(C)(N2CCC(n3c(=O)[nH]c4ccc(C)cc43)CC2)C1. The molecule has 1 aromatic heterocycles. The van der Waals surface area contributed by atoms with E-state index in [1.54, 1.807) is 7.11 Å². The van der Waals surface area contributed by atoms with Gasteiger partial charge >= 0.3 is 5.69 Å². The zero-order valence-corrected chi connectivity index (χ0v) is 15.5. The number of ether oxygens (including phenoxy) is 1. The van der Waals surface area contributed by atoms with E-state index in [9.17, 15) is 4.79 Å². The number of imidazole rings is 1. The Morgan fingerprint density at radius 3 is 2.68 bits per heavy atom. The number of hydrogen-bond acceptors (Lipinski definition) is 3. The summed E-state index contributed by atoms with van der Waals surface area (Å²) in [4.78, 5) is 18.1. The van der Waals surface area contributed by atoms with Crippen LogP contribution >= 0.6 is 0 Å². The molecule has 25 heavy (non-hydrogen) atoms. The van der Waals surface area contributed by atoms with Crippen molar-refractivity contribution in [1.29, 1.82) is 0 Å². The van der Waals surface area contributed by atoms with Gasteiger partial charge in [-0.05, 0) is 63.1 Å². The Kier molecular flexibility index (Phi) is 4.24. The van der Waals surface area contributed by atoms with Crippen LogP contribution in [-0.4, -0.2) is 46.8 Å². The minimum absolute atomic E-state index is 0.0362. The van der Waals surface area contributed by atoms with Gasteiger partial charge < -0.3 is 9.72 Å². The normalized spacial score (nSPS) is 28.4. The standard InChI is InChI=1S/C20H29N3O2/c1-14-4-5-17-18(10-14)23(19(24)21-17)16-6-8-22(9-7-16)20(2)11-15(12-20)13-25-3/h4-5,10,15-16H,6-9,11-13H2,1-3H3,(H,21,24). The topological polar surface area (TPSA) is 50.3 Å². The van der Waals surface area contributed by atoms with Crippen molar-refractivity contribution in [2.24, 2.45) is 5.92 Å². The van der Waals surface area contributed by atoms with Crippen LogP contribution in [-0.2, 0) is 4.74 Å². The Bertz CT molecular complexity index is 808. The number of aryl methyl sites for hydroxylation is 1. The molecule has 0 atom stereocenters. The molecule has 2 heterocycles. The summed E-state index contributed by atoms with van der Waals surface area (Å²) in [5, 5.41) is 0. The van der Waals surface area contributed by atoms with E-state index in [1.807, 2.05) is 10.6 Å². The predicted octanol–water partition coefficient (Wildman–Crippen LogP) is 3.09. The van der Waals surface area contributed by atoms with Crippen molar-refractivity contribution in [3.8, 4) is 0 Å². The number of likely N-dealkylation sites (tertiary alicyclic amines) is 1. The summed E-state index contributed by atoms with van der Waals surface area (Å²) in [5.41, 5.74) is 3.57. The van der Waals surface area contributed by atoms with E-state index in [1.165, 1.54) is 18.4 Å². The molecule has 5 heteroatoms. The zero-order chi connectivity index (χ0) is 17.6. The third-order valence-corrected chi connectivity index (χ3v) is 6.33. The lowest BCUT2D eigenvalue weighted by Crippen LogP contribution is -2.58. The summed E-state index contributed by atoms with van der Waals surface area (Å²) in [6, 6.07) is 6.50. The molecule has 2 aliphatic rings. The first-order chi connectivity index (χ1) is 12.0. The number of methoxy groups -OCH3 is 1. The first-order valence-corrected chi connectivity index (χ1v) is 9.45. The van der Waals surface area contributed by atoms with Crippen LogP contribution in [0.3, 0.4) is 0 Å². The van der Waals surface area contributed by atoms with Crippen LogP contribution < -0.4 is 5.69 Å². The third-order valence-electron chi connectivity index (χ3n) is 6.33. The lowest BCUT2D eigenvalue weighted by molar-refractivity contribution is -0.0514. The molecule has 1 saturated heterocycles. The molecule has 2 fully saturated rings. The van der Waals surface area contributed by atoms with Crippen LogP contribution in [0.2, 0.25) is 0 Å². The highest BCUT2D eigenvalue weighted by Gasteiger charge is 2.45. The molecule has 5 nitrogen and oxygen atoms in total. The second-order valence-corrected chi connectivity index (χ2v) is 8.27. The number of aromatic nitrogens is 2. The number of hydrogen-bond donors (Lipinski definition) is 1. The minimum atomic E-state index is 0.0362. The molecule has 1 N–H and O–H groups in total. The van der Waals surface area contributed by atoms with Crippen molar-refractivity contribution in [1.82, 2.24) is 14.5 Å². The second kappa shape index (κ2) is 6.29. The van der Waals surface area contributed by atoms with Crippen molar-refractivity contribution in [2.45, 2.75) is 51.1 Å². The second-order valence-electron chi connectivity index (χ2n) is 8.27. The number of nitrogens with one attached hydrogen (secondary N) is 1. The van der Waals surface area contributed by atoms with Crippen LogP contribution in [0.1, 0.15) is 44.2 Å². The summed E-state index contributed by atoms with van der Waals surface area (Å²) < 4.78 is 7.29. The van der Waals surface area contributed by atoms with Gasteiger partial charge in [0, 0.05) is 38.4 Å². The number of aromatic amines is 1. The molecule has 0 amide bonds. The fraction of sp³-hybridized carbons (Fsp3) is 0.650. The summed E-state index contributed by atoms with van der Waals surface area (Å²) in [6.07, 6.45) is 4.56. The van der Waals surface area contributed by atoms with Crippen LogP contribution in [0.25, 0.3) is 11.0 Å². The zero-order valence-electron chi connectivity index (χ0n) is 15.5. The Balaban J connectivity index is 1.47. The Hall–Kier alpha value is -1.59. The van der Waals surface area contributed by atoms with E-state index in [0.29, 0.717) is 17.5 Å². The van der Waals surface area contributed by atoms with Crippen molar-refractivity contribution in [3.63, 3.8) is 0 Å². The molecule has 1 aliphatic carbocycles. The van der Waals surface area contributed by atoms with Crippen LogP contribution in [0.15, 0.2) is 23.0 Å². The maximum absolute atomic E-state index is 12.5. The maximum Gasteiger partial charge on any atom is 0.326 e. The van der Waals surface area contributed by atoms with Gasteiger partial charge in [-0.3, -0.25) is 9.47 Å². The van der Waals surface area contributed by atoms with Crippen molar-refractivity contribution < 1.29 is 4.74 Å². The fourth-order valence-corrected chi connectivity index (χ4v) is 5.05. The highest BCUT2D eigenvalue weighted by Crippen LogP contribution is 2.44. The van der Waals surface area contributed by atoms with E-state index >= 15 is 0 Å².